The number of nitrogens with two attached hydrogens (primary N) is 1. The van der Waals surface area contributed by atoms with Crippen LogP contribution in [0.1, 0.15) is 20.9 Å². The van der Waals surface area contributed by atoms with Crippen molar-refractivity contribution in [2.45, 2.75) is 13.0 Å². The molecule has 0 aromatic carbocycles. The number of carbonyl (C=O) groups is 2. The molecule has 0 saturated carbocycles. The zero-order chi connectivity index (χ0) is 14.8. The Balaban J connectivity index is 1.69. The number of aromatic nitrogens is 1. The highest BCUT2D eigenvalue weighted by atomic mass is 32.1. The summed E-state index contributed by atoms with van der Waals surface area (Å²) in [7, 11) is 0. The zero-order valence-electron chi connectivity index (χ0n) is 11.2. The van der Waals surface area contributed by atoms with Crippen LogP contribution in [-0.4, -0.2) is 34.8 Å². The van der Waals surface area contributed by atoms with Crippen molar-refractivity contribution in [2.24, 2.45) is 5.73 Å². The predicted molar refractivity (Wildman–Crippen MR) is 82.6 cm³/mol. The molecular formula is C13H14N4O2S2. The molecule has 0 unspecified atom stereocenters. The third-order valence-corrected chi connectivity index (χ3v) is 4.87. The Bertz CT molecular complexity index is 666. The molecule has 3 heterocycles. The van der Waals surface area contributed by atoms with E-state index in [1.165, 1.54) is 22.7 Å². The minimum absolute atomic E-state index is 0.142. The van der Waals surface area contributed by atoms with Crippen molar-refractivity contribution in [3.05, 3.63) is 33.0 Å². The van der Waals surface area contributed by atoms with Gasteiger partial charge in [0, 0.05) is 29.8 Å². The summed E-state index contributed by atoms with van der Waals surface area (Å²) in [5.41, 5.74) is 6.86. The second-order valence-corrected chi connectivity index (χ2v) is 6.65. The van der Waals surface area contributed by atoms with Crippen LogP contribution in [0, 0.1) is 0 Å². The molecule has 0 saturated heterocycles. The summed E-state index contributed by atoms with van der Waals surface area (Å²) in [5.74, 6) is -0.467. The topological polar surface area (TPSA) is 88.3 Å². The molecule has 21 heavy (non-hydrogen) atoms. The third kappa shape index (κ3) is 3.29. The number of carbonyl (C=O) groups excluding carboxylic acids is 2. The first-order chi connectivity index (χ1) is 10.1. The Morgan fingerprint density at radius 1 is 1.48 bits per heavy atom. The molecule has 1 aliphatic rings. The van der Waals surface area contributed by atoms with E-state index < -0.39 is 0 Å². The van der Waals surface area contributed by atoms with Crippen molar-refractivity contribution in [1.29, 1.82) is 0 Å². The fraction of sp³-hybridized carbons (Fsp3) is 0.308. The smallest absolute Gasteiger partial charge is 0.258 e. The normalized spacial score (nSPS) is 14.7. The average Bonchev–Trinajstić information content (AvgIpc) is 3.05. The van der Waals surface area contributed by atoms with Crippen LogP contribution in [0.3, 0.4) is 0 Å². The number of nitrogens with zero attached hydrogens (tertiary/aromatic N) is 2. The Morgan fingerprint density at radius 3 is 3.05 bits per heavy atom. The van der Waals surface area contributed by atoms with E-state index in [4.69, 9.17) is 5.73 Å². The summed E-state index contributed by atoms with van der Waals surface area (Å²) in [6.45, 7) is 1.68. The molecule has 0 spiro atoms. The monoisotopic (exact) mass is 322 g/mol. The van der Waals surface area contributed by atoms with E-state index >= 15 is 0 Å². The van der Waals surface area contributed by atoms with E-state index in [1.54, 1.807) is 11.4 Å². The second kappa shape index (κ2) is 5.92. The number of nitrogens with one attached hydrogen (secondary N) is 1. The molecule has 0 fully saturated rings. The number of anilines is 1. The molecule has 8 heteroatoms. The third-order valence-electron chi connectivity index (χ3n) is 3.19. The van der Waals surface area contributed by atoms with Gasteiger partial charge in [-0.2, -0.15) is 11.3 Å². The van der Waals surface area contributed by atoms with Crippen LogP contribution >= 0.6 is 22.7 Å². The summed E-state index contributed by atoms with van der Waals surface area (Å²) in [6.07, 6.45) is 0.771. The lowest BCUT2D eigenvalue weighted by Gasteiger charge is -2.24. The SMILES string of the molecule is NC(=O)CN1CCc2nc(NC(=O)c3ccsc3)sc2C1. The number of hydrogen-bond donors (Lipinski definition) is 2. The van der Waals surface area contributed by atoms with Crippen LogP contribution in [0.2, 0.25) is 0 Å². The molecule has 2 aromatic heterocycles. The van der Waals surface area contributed by atoms with Crippen LogP contribution in [0.5, 0.6) is 0 Å². The van der Waals surface area contributed by atoms with Crippen LogP contribution < -0.4 is 11.1 Å². The molecular weight excluding hydrogens is 308 g/mol. The van der Waals surface area contributed by atoms with E-state index in [0.29, 0.717) is 17.2 Å². The van der Waals surface area contributed by atoms with E-state index in [-0.39, 0.29) is 18.4 Å². The van der Waals surface area contributed by atoms with E-state index in [0.717, 1.165) is 23.5 Å². The van der Waals surface area contributed by atoms with Crippen LogP contribution in [0.25, 0.3) is 0 Å². The van der Waals surface area contributed by atoms with E-state index in [2.05, 4.69) is 10.3 Å². The minimum atomic E-state index is -0.325. The molecule has 0 radical (unpaired) electrons. The van der Waals surface area contributed by atoms with Crippen LogP contribution in [-0.2, 0) is 17.8 Å². The van der Waals surface area contributed by atoms with Gasteiger partial charge in [-0.3, -0.25) is 19.8 Å². The van der Waals surface area contributed by atoms with Crippen LogP contribution in [0.15, 0.2) is 16.8 Å². The van der Waals surface area contributed by atoms with Crippen molar-refractivity contribution in [2.75, 3.05) is 18.4 Å². The van der Waals surface area contributed by atoms with Gasteiger partial charge < -0.3 is 5.73 Å². The number of primary amides is 1. The largest absolute Gasteiger partial charge is 0.369 e. The maximum absolute atomic E-state index is 12.0. The fourth-order valence-corrected chi connectivity index (χ4v) is 3.90. The molecule has 0 bridgehead atoms. The first-order valence-electron chi connectivity index (χ1n) is 6.44. The number of amides is 2. The number of thiophene rings is 1. The van der Waals surface area contributed by atoms with Crippen molar-refractivity contribution < 1.29 is 9.59 Å². The van der Waals surface area contributed by atoms with Gasteiger partial charge in [0.1, 0.15) is 0 Å². The van der Waals surface area contributed by atoms with Crippen LogP contribution in [0.4, 0.5) is 5.13 Å². The molecule has 6 nitrogen and oxygen atoms in total. The van der Waals surface area contributed by atoms with Gasteiger partial charge in [-0.05, 0) is 11.4 Å². The summed E-state index contributed by atoms with van der Waals surface area (Å²) >= 11 is 2.94. The van der Waals surface area contributed by atoms with Gasteiger partial charge in [0.25, 0.3) is 5.91 Å². The molecule has 3 rings (SSSR count). The Morgan fingerprint density at radius 2 is 2.33 bits per heavy atom. The Hall–Kier alpha value is -1.77. The molecule has 3 N–H and O–H groups in total. The number of rotatable bonds is 4. The van der Waals surface area contributed by atoms with E-state index in [9.17, 15) is 9.59 Å². The highest BCUT2D eigenvalue weighted by Crippen LogP contribution is 2.28. The maximum atomic E-state index is 12.0. The first-order valence-corrected chi connectivity index (χ1v) is 8.20. The standard InChI is InChI=1S/C13H14N4O2S2/c14-11(18)6-17-3-1-9-10(5-17)21-13(15-9)16-12(19)8-2-4-20-7-8/h2,4,7H,1,3,5-6H2,(H2,14,18)(H,15,16,19). The number of hydrogen-bond acceptors (Lipinski definition) is 6. The Labute approximate surface area is 129 Å². The van der Waals surface area contributed by atoms with Gasteiger partial charge in [0.05, 0.1) is 17.8 Å². The van der Waals surface area contributed by atoms with Crippen molar-refractivity contribution in [1.82, 2.24) is 9.88 Å². The van der Waals surface area contributed by atoms with Gasteiger partial charge in [0.2, 0.25) is 5.91 Å². The highest BCUT2D eigenvalue weighted by molar-refractivity contribution is 7.16. The van der Waals surface area contributed by atoms with Gasteiger partial charge >= 0.3 is 0 Å². The number of fused-ring (bicyclic) bond motifs is 1. The molecule has 0 atom stereocenters. The first kappa shape index (κ1) is 14.2. The lowest BCUT2D eigenvalue weighted by atomic mass is 10.2. The van der Waals surface area contributed by atoms with Gasteiger partial charge in [-0.15, -0.1) is 11.3 Å². The zero-order valence-corrected chi connectivity index (χ0v) is 12.8. The quantitative estimate of drug-likeness (QED) is 0.888. The summed E-state index contributed by atoms with van der Waals surface area (Å²) < 4.78 is 0. The molecule has 2 aromatic rings. The molecule has 0 aliphatic carbocycles. The lowest BCUT2D eigenvalue weighted by molar-refractivity contribution is -0.119. The molecule has 2 amide bonds. The van der Waals surface area contributed by atoms with Crippen molar-refractivity contribution >= 4 is 39.6 Å². The second-order valence-electron chi connectivity index (χ2n) is 4.78. The summed E-state index contributed by atoms with van der Waals surface area (Å²) in [5, 5.41) is 7.10. The van der Waals surface area contributed by atoms with Crippen molar-refractivity contribution in [3.63, 3.8) is 0 Å². The maximum Gasteiger partial charge on any atom is 0.258 e. The summed E-state index contributed by atoms with van der Waals surface area (Å²) in [6, 6.07) is 1.78. The van der Waals surface area contributed by atoms with Gasteiger partial charge in [-0.25, -0.2) is 4.98 Å². The molecule has 110 valence electrons. The lowest BCUT2D eigenvalue weighted by Crippen LogP contribution is -2.37. The highest BCUT2D eigenvalue weighted by Gasteiger charge is 2.22. The fourth-order valence-electron chi connectivity index (χ4n) is 2.22. The average molecular weight is 322 g/mol. The van der Waals surface area contributed by atoms with Gasteiger partial charge in [0.15, 0.2) is 5.13 Å². The molecule has 1 aliphatic heterocycles. The number of thiazole rings is 1. The summed E-state index contributed by atoms with van der Waals surface area (Å²) in [4.78, 5) is 30.5. The van der Waals surface area contributed by atoms with Crippen molar-refractivity contribution in [3.8, 4) is 0 Å². The Kier molecular flexibility index (Phi) is 4.00. The minimum Gasteiger partial charge on any atom is -0.369 e. The predicted octanol–water partition coefficient (Wildman–Crippen LogP) is 1.30. The van der Waals surface area contributed by atoms with Gasteiger partial charge in [-0.1, -0.05) is 0 Å². The van der Waals surface area contributed by atoms with E-state index in [1.807, 2.05) is 10.3 Å².